The number of carbonyl (C=O) groups is 2. The molecule has 0 spiro atoms. The lowest BCUT2D eigenvalue weighted by Gasteiger charge is -2.06. The van der Waals surface area contributed by atoms with Crippen molar-refractivity contribution in [2.45, 2.75) is 12.8 Å². The van der Waals surface area contributed by atoms with Crippen molar-refractivity contribution in [2.75, 3.05) is 18.8 Å². The van der Waals surface area contributed by atoms with Crippen LogP contribution in [0.2, 0.25) is 0 Å². The van der Waals surface area contributed by atoms with Crippen molar-refractivity contribution in [2.24, 2.45) is 5.92 Å². The maximum absolute atomic E-state index is 12.0. The van der Waals surface area contributed by atoms with Crippen molar-refractivity contribution in [3.8, 4) is 0 Å². The fraction of sp³-hybridized carbons (Fsp3) is 0.357. The van der Waals surface area contributed by atoms with Gasteiger partial charge in [-0.25, -0.2) is 4.98 Å². The Kier molecular flexibility index (Phi) is 3.74. The second-order valence-corrected chi connectivity index (χ2v) is 6.12. The summed E-state index contributed by atoms with van der Waals surface area (Å²) in [4.78, 5) is 27.6. The van der Waals surface area contributed by atoms with E-state index in [2.05, 4.69) is 15.6 Å². The van der Waals surface area contributed by atoms with E-state index in [9.17, 15) is 9.59 Å². The van der Waals surface area contributed by atoms with Crippen LogP contribution in [0, 0.1) is 5.92 Å². The third-order valence-corrected chi connectivity index (χ3v) is 4.17. The van der Waals surface area contributed by atoms with Crippen LogP contribution in [0.25, 0.3) is 10.2 Å². The minimum absolute atomic E-state index is 0.0887. The lowest BCUT2D eigenvalue weighted by atomic mass is 10.2. The molecule has 0 saturated heterocycles. The fourth-order valence-corrected chi connectivity index (χ4v) is 2.81. The highest BCUT2D eigenvalue weighted by molar-refractivity contribution is 7.22. The number of hydrogen-bond donors (Lipinski definition) is 3. The zero-order valence-electron chi connectivity index (χ0n) is 11.4. The second-order valence-electron chi connectivity index (χ2n) is 5.06. The molecule has 0 radical (unpaired) electrons. The van der Waals surface area contributed by atoms with Gasteiger partial charge in [0, 0.05) is 24.6 Å². The highest BCUT2D eigenvalue weighted by atomic mass is 32.1. The van der Waals surface area contributed by atoms with Crippen molar-refractivity contribution in [3.63, 3.8) is 0 Å². The number of nitrogens with one attached hydrogen (secondary N) is 2. The molecule has 0 bridgehead atoms. The number of anilines is 1. The van der Waals surface area contributed by atoms with E-state index in [0.29, 0.717) is 23.8 Å². The largest absolute Gasteiger partial charge is 0.375 e. The van der Waals surface area contributed by atoms with Crippen LogP contribution < -0.4 is 16.4 Å². The standard InChI is InChI=1S/C14H16N4O2S/c15-14-18-10-4-3-9(7-11(10)21-14)13(20)17-6-5-16-12(19)8-1-2-8/h3-4,7-8H,1-2,5-6H2,(H2,15,18)(H,16,19)(H,17,20). The van der Waals surface area contributed by atoms with E-state index in [1.807, 2.05) is 0 Å². The van der Waals surface area contributed by atoms with Crippen LogP contribution >= 0.6 is 11.3 Å². The lowest BCUT2D eigenvalue weighted by molar-refractivity contribution is -0.122. The van der Waals surface area contributed by atoms with Gasteiger partial charge in [-0.3, -0.25) is 9.59 Å². The molecule has 0 atom stereocenters. The molecule has 1 aromatic heterocycles. The third-order valence-electron chi connectivity index (χ3n) is 3.33. The summed E-state index contributed by atoms with van der Waals surface area (Å²) in [6.07, 6.45) is 1.96. The van der Waals surface area contributed by atoms with E-state index in [1.165, 1.54) is 11.3 Å². The quantitative estimate of drug-likeness (QED) is 0.721. The number of carbonyl (C=O) groups excluding carboxylic acids is 2. The molecule has 4 N–H and O–H groups in total. The number of fused-ring (bicyclic) bond motifs is 1. The van der Waals surface area contributed by atoms with Crippen molar-refractivity contribution >= 4 is 38.5 Å². The number of thiazole rings is 1. The van der Waals surface area contributed by atoms with Crippen molar-refractivity contribution in [1.29, 1.82) is 0 Å². The van der Waals surface area contributed by atoms with Gasteiger partial charge >= 0.3 is 0 Å². The van der Waals surface area contributed by atoms with E-state index >= 15 is 0 Å². The minimum Gasteiger partial charge on any atom is -0.375 e. The Morgan fingerprint density at radius 3 is 2.81 bits per heavy atom. The number of benzene rings is 1. The Bertz CT molecular complexity index is 693. The average molecular weight is 304 g/mol. The molecule has 3 rings (SSSR count). The first-order valence-corrected chi connectivity index (χ1v) is 7.67. The van der Waals surface area contributed by atoms with Crippen LogP contribution in [-0.2, 0) is 4.79 Å². The third kappa shape index (κ3) is 3.30. The van der Waals surface area contributed by atoms with E-state index < -0.39 is 0 Å². The van der Waals surface area contributed by atoms with Crippen molar-refractivity contribution in [3.05, 3.63) is 23.8 Å². The molecular weight excluding hydrogens is 288 g/mol. The highest BCUT2D eigenvalue weighted by Gasteiger charge is 2.28. The molecule has 1 aliphatic rings. The molecular formula is C14H16N4O2S. The first kappa shape index (κ1) is 13.8. The second kappa shape index (κ2) is 5.69. The van der Waals surface area contributed by atoms with Crippen LogP contribution in [0.4, 0.5) is 5.13 Å². The van der Waals surface area contributed by atoms with Crippen LogP contribution in [-0.4, -0.2) is 29.9 Å². The fourth-order valence-electron chi connectivity index (χ4n) is 2.04. The molecule has 1 aromatic carbocycles. The molecule has 2 aromatic rings. The normalized spacial score (nSPS) is 14.1. The van der Waals surface area contributed by atoms with Gasteiger partial charge in [-0.2, -0.15) is 0 Å². The van der Waals surface area contributed by atoms with Gasteiger partial charge in [0.05, 0.1) is 10.2 Å². The molecule has 2 amide bonds. The number of nitrogens with zero attached hydrogens (tertiary/aromatic N) is 1. The topological polar surface area (TPSA) is 97.1 Å². The van der Waals surface area contributed by atoms with Crippen LogP contribution in [0.15, 0.2) is 18.2 Å². The maximum Gasteiger partial charge on any atom is 0.251 e. The molecule has 1 saturated carbocycles. The van der Waals surface area contributed by atoms with Crippen molar-refractivity contribution in [1.82, 2.24) is 15.6 Å². The summed E-state index contributed by atoms with van der Waals surface area (Å²) in [6.45, 7) is 0.872. The Labute approximate surface area is 125 Å². The Morgan fingerprint density at radius 1 is 1.29 bits per heavy atom. The molecule has 1 fully saturated rings. The van der Waals surface area contributed by atoms with E-state index in [1.54, 1.807) is 18.2 Å². The van der Waals surface area contributed by atoms with Crippen LogP contribution in [0.1, 0.15) is 23.2 Å². The number of rotatable bonds is 5. The Hall–Kier alpha value is -2.15. The van der Waals surface area contributed by atoms with E-state index in [4.69, 9.17) is 5.73 Å². The van der Waals surface area contributed by atoms with Gasteiger partial charge in [-0.15, -0.1) is 0 Å². The summed E-state index contributed by atoms with van der Waals surface area (Å²) < 4.78 is 0.891. The predicted octanol–water partition coefficient (Wildman–Crippen LogP) is 1.13. The lowest BCUT2D eigenvalue weighted by Crippen LogP contribution is -2.35. The van der Waals surface area contributed by atoms with Crippen LogP contribution in [0.3, 0.4) is 0 Å². The van der Waals surface area contributed by atoms with Gasteiger partial charge < -0.3 is 16.4 Å². The zero-order chi connectivity index (χ0) is 14.8. The first-order valence-electron chi connectivity index (χ1n) is 6.85. The highest BCUT2D eigenvalue weighted by Crippen LogP contribution is 2.28. The minimum atomic E-state index is -0.162. The van der Waals surface area contributed by atoms with Gasteiger partial charge in [0.15, 0.2) is 5.13 Å². The summed E-state index contributed by atoms with van der Waals surface area (Å²) in [5.41, 5.74) is 7.01. The summed E-state index contributed by atoms with van der Waals surface area (Å²) in [5.74, 6) is 0.121. The van der Waals surface area contributed by atoms with Gasteiger partial charge in [0.2, 0.25) is 5.91 Å². The SMILES string of the molecule is Nc1nc2ccc(C(=O)NCCNC(=O)C3CC3)cc2s1. The number of aromatic nitrogens is 1. The van der Waals surface area contributed by atoms with Crippen LogP contribution in [0.5, 0.6) is 0 Å². The van der Waals surface area contributed by atoms with E-state index in [-0.39, 0.29) is 17.7 Å². The molecule has 0 unspecified atom stereocenters. The number of amides is 2. The van der Waals surface area contributed by atoms with Gasteiger partial charge in [-0.05, 0) is 31.0 Å². The molecule has 6 nitrogen and oxygen atoms in total. The zero-order valence-corrected chi connectivity index (χ0v) is 12.2. The maximum atomic E-state index is 12.0. The molecule has 0 aliphatic heterocycles. The summed E-state index contributed by atoms with van der Waals surface area (Å²) in [6, 6.07) is 5.28. The Balaban J connectivity index is 1.52. The molecule has 21 heavy (non-hydrogen) atoms. The summed E-state index contributed by atoms with van der Waals surface area (Å²) >= 11 is 1.36. The van der Waals surface area contributed by atoms with E-state index in [0.717, 1.165) is 23.1 Å². The molecule has 1 heterocycles. The average Bonchev–Trinajstić information content (AvgIpc) is 3.24. The molecule has 7 heteroatoms. The first-order chi connectivity index (χ1) is 10.1. The van der Waals surface area contributed by atoms with Crippen molar-refractivity contribution < 1.29 is 9.59 Å². The Morgan fingerprint density at radius 2 is 2.05 bits per heavy atom. The predicted molar refractivity (Wildman–Crippen MR) is 82.1 cm³/mol. The molecule has 110 valence electrons. The van der Waals surface area contributed by atoms with Gasteiger partial charge in [0.1, 0.15) is 0 Å². The summed E-state index contributed by atoms with van der Waals surface area (Å²) in [7, 11) is 0. The molecule has 1 aliphatic carbocycles. The van der Waals surface area contributed by atoms with Gasteiger partial charge in [0.25, 0.3) is 5.91 Å². The number of hydrogen-bond acceptors (Lipinski definition) is 5. The summed E-state index contributed by atoms with van der Waals surface area (Å²) in [5, 5.41) is 6.08. The number of nitrogens with two attached hydrogens (primary N) is 1. The van der Waals surface area contributed by atoms with Gasteiger partial charge in [-0.1, -0.05) is 11.3 Å². The smallest absolute Gasteiger partial charge is 0.251 e. The number of nitrogen functional groups attached to an aromatic ring is 1. The monoisotopic (exact) mass is 304 g/mol.